The number of imidazole rings is 1. The molecular weight excluding hydrogens is 286 g/mol. The molecule has 0 amide bonds. The molecule has 2 aromatic rings. The van der Waals surface area contributed by atoms with Crippen molar-refractivity contribution in [2.75, 3.05) is 6.54 Å². The fourth-order valence-electron chi connectivity index (χ4n) is 4.40. The molecule has 2 heterocycles. The SMILES string of the molecule is NCC1CCC(C(O)CC2c3ccccc3-c3cncn32)CC1. The van der Waals surface area contributed by atoms with Crippen LogP contribution in [0, 0.1) is 11.8 Å². The van der Waals surface area contributed by atoms with E-state index in [9.17, 15) is 5.11 Å². The van der Waals surface area contributed by atoms with Gasteiger partial charge in [-0.05, 0) is 56.0 Å². The van der Waals surface area contributed by atoms with E-state index in [4.69, 9.17) is 5.73 Å². The van der Waals surface area contributed by atoms with Gasteiger partial charge < -0.3 is 15.4 Å². The topological polar surface area (TPSA) is 64.1 Å². The highest BCUT2D eigenvalue weighted by molar-refractivity contribution is 5.68. The molecule has 0 bridgehead atoms. The predicted octanol–water partition coefficient (Wildman–Crippen LogP) is 2.97. The summed E-state index contributed by atoms with van der Waals surface area (Å²) in [5, 5.41) is 10.8. The van der Waals surface area contributed by atoms with Crippen molar-refractivity contribution >= 4 is 0 Å². The van der Waals surface area contributed by atoms with Crippen molar-refractivity contribution in [3.05, 3.63) is 42.4 Å². The van der Waals surface area contributed by atoms with Crippen LogP contribution in [0.25, 0.3) is 11.3 Å². The summed E-state index contributed by atoms with van der Waals surface area (Å²) in [4.78, 5) is 4.30. The molecule has 0 radical (unpaired) electrons. The summed E-state index contributed by atoms with van der Waals surface area (Å²) < 4.78 is 2.22. The predicted molar refractivity (Wildman–Crippen MR) is 90.9 cm³/mol. The zero-order valence-electron chi connectivity index (χ0n) is 13.4. The minimum atomic E-state index is -0.250. The molecule has 1 saturated carbocycles. The van der Waals surface area contributed by atoms with E-state index in [-0.39, 0.29) is 12.1 Å². The standard InChI is InChI=1S/C19H25N3O/c20-10-13-5-7-14(8-6-13)19(23)9-17-15-3-1-2-4-16(15)18-11-21-12-22(17)18/h1-4,11-14,17,19,23H,5-10,20H2. The molecule has 4 rings (SSSR count). The van der Waals surface area contributed by atoms with Gasteiger partial charge in [0.25, 0.3) is 0 Å². The summed E-state index contributed by atoms with van der Waals surface area (Å²) in [5.41, 5.74) is 9.53. The van der Waals surface area contributed by atoms with Gasteiger partial charge >= 0.3 is 0 Å². The van der Waals surface area contributed by atoms with Crippen LogP contribution in [0.15, 0.2) is 36.8 Å². The third-order valence-electron chi connectivity index (χ3n) is 5.83. The summed E-state index contributed by atoms with van der Waals surface area (Å²) in [5.74, 6) is 1.07. The maximum absolute atomic E-state index is 10.8. The van der Waals surface area contributed by atoms with Crippen molar-refractivity contribution < 1.29 is 5.11 Å². The van der Waals surface area contributed by atoms with Crippen molar-refractivity contribution in [1.29, 1.82) is 0 Å². The zero-order chi connectivity index (χ0) is 15.8. The first-order chi connectivity index (χ1) is 11.3. The van der Waals surface area contributed by atoms with Gasteiger partial charge in [0.1, 0.15) is 0 Å². The van der Waals surface area contributed by atoms with Crippen molar-refractivity contribution in [2.24, 2.45) is 17.6 Å². The number of hydrogen-bond acceptors (Lipinski definition) is 3. The van der Waals surface area contributed by atoms with E-state index in [0.717, 1.165) is 38.6 Å². The van der Waals surface area contributed by atoms with E-state index in [1.54, 1.807) is 0 Å². The van der Waals surface area contributed by atoms with Crippen molar-refractivity contribution in [2.45, 2.75) is 44.2 Å². The van der Waals surface area contributed by atoms with Gasteiger partial charge in [-0.15, -0.1) is 0 Å². The van der Waals surface area contributed by atoms with Crippen LogP contribution in [0.3, 0.4) is 0 Å². The number of fused-ring (bicyclic) bond motifs is 3. The molecule has 0 spiro atoms. The van der Waals surface area contributed by atoms with Crippen LogP contribution in [-0.2, 0) is 0 Å². The second-order valence-electron chi connectivity index (χ2n) is 7.11. The largest absolute Gasteiger partial charge is 0.393 e. The Morgan fingerprint density at radius 3 is 2.78 bits per heavy atom. The second-order valence-corrected chi connectivity index (χ2v) is 7.11. The van der Waals surface area contributed by atoms with Crippen LogP contribution in [0.2, 0.25) is 0 Å². The molecule has 2 aliphatic rings. The smallest absolute Gasteiger partial charge is 0.0956 e. The summed E-state index contributed by atoms with van der Waals surface area (Å²) in [6.07, 6.45) is 8.89. The van der Waals surface area contributed by atoms with E-state index in [0.29, 0.717) is 11.8 Å². The molecule has 1 fully saturated rings. The number of aliphatic hydroxyl groups is 1. The number of benzene rings is 1. The third-order valence-corrected chi connectivity index (χ3v) is 5.83. The average Bonchev–Trinajstić information content (AvgIpc) is 3.18. The Bertz CT molecular complexity index is 673. The van der Waals surface area contributed by atoms with E-state index >= 15 is 0 Å². The van der Waals surface area contributed by atoms with Crippen LogP contribution >= 0.6 is 0 Å². The molecule has 2 unspecified atom stereocenters. The van der Waals surface area contributed by atoms with Crippen LogP contribution in [-0.4, -0.2) is 27.3 Å². The van der Waals surface area contributed by atoms with Gasteiger partial charge in [0.05, 0.1) is 30.4 Å². The maximum atomic E-state index is 10.8. The molecule has 23 heavy (non-hydrogen) atoms. The lowest BCUT2D eigenvalue weighted by Crippen LogP contribution is -2.30. The number of aromatic nitrogens is 2. The van der Waals surface area contributed by atoms with Gasteiger partial charge in [-0.25, -0.2) is 4.98 Å². The fourth-order valence-corrected chi connectivity index (χ4v) is 4.40. The Balaban J connectivity index is 1.51. The molecule has 122 valence electrons. The highest BCUT2D eigenvalue weighted by atomic mass is 16.3. The summed E-state index contributed by atoms with van der Waals surface area (Å²) in [6, 6.07) is 8.71. The Morgan fingerprint density at radius 2 is 2.00 bits per heavy atom. The quantitative estimate of drug-likeness (QED) is 0.912. The molecule has 2 atom stereocenters. The number of hydrogen-bond donors (Lipinski definition) is 2. The minimum absolute atomic E-state index is 0.214. The molecule has 4 heteroatoms. The van der Waals surface area contributed by atoms with Gasteiger partial charge in [0.15, 0.2) is 0 Å². The summed E-state index contributed by atoms with van der Waals surface area (Å²) in [6.45, 7) is 0.789. The molecule has 4 nitrogen and oxygen atoms in total. The Morgan fingerprint density at radius 1 is 1.22 bits per heavy atom. The van der Waals surface area contributed by atoms with E-state index in [1.807, 2.05) is 12.5 Å². The van der Waals surface area contributed by atoms with Crippen molar-refractivity contribution in [3.8, 4) is 11.3 Å². The first kappa shape index (κ1) is 14.9. The van der Waals surface area contributed by atoms with Crippen LogP contribution in [0.1, 0.15) is 43.7 Å². The zero-order valence-corrected chi connectivity index (χ0v) is 13.4. The molecule has 0 saturated heterocycles. The van der Waals surface area contributed by atoms with Gasteiger partial charge in [-0.3, -0.25) is 0 Å². The highest BCUT2D eigenvalue weighted by Crippen LogP contribution is 2.42. The van der Waals surface area contributed by atoms with Gasteiger partial charge in [-0.2, -0.15) is 0 Å². The summed E-state index contributed by atoms with van der Waals surface area (Å²) >= 11 is 0. The van der Waals surface area contributed by atoms with Crippen LogP contribution < -0.4 is 5.73 Å². The van der Waals surface area contributed by atoms with E-state index in [1.165, 1.54) is 16.8 Å². The normalized spacial score (nSPS) is 27.5. The van der Waals surface area contributed by atoms with E-state index < -0.39 is 0 Å². The van der Waals surface area contributed by atoms with Crippen molar-refractivity contribution in [1.82, 2.24) is 9.55 Å². The summed E-state index contributed by atoms with van der Waals surface area (Å²) in [7, 11) is 0. The third kappa shape index (κ3) is 2.60. The Hall–Kier alpha value is -1.65. The van der Waals surface area contributed by atoms with Crippen LogP contribution in [0.4, 0.5) is 0 Å². The molecule has 1 aromatic carbocycles. The first-order valence-electron chi connectivity index (χ1n) is 8.77. The molecule has 1 aliphatic heterocycles. The molecule has 1 aromatic heterocycles. The number of nitrogens with zero attached hydrogens (tertiary/aromatic N) is 2. The lowest BCUT2D eigenvalue weighted by Gasteiger charge is -2.32. The van der Waals surface area contributed by atoms with Gasteiger partial charge in [0.2, 0.25) is 0 Å². The molecule has 1 aliphatic carbocycles. The Kier molecular flexibility index (Phi) is 3.95. The maximum Gasteiger partial charge on any atom is 0.0956 e. The van der Waals surface area contributed by atoms with Crippen LogP contribution in [0.5, 0.6) is 0 Å². The minimum Gasteiger partial charge on any atom is -0.393 e. The van der Waals surface area contributed by atoms with Gasteiger partial charge in [0, 0.05) is 5.56 Å². The number of aliphatic hydroxyl groups excluding tert-OH is 1. The number of rotatable bonds is 4. The van der Waals surface area contributed by atoms with Crippen molar-refractivity contribution in [3.63, 3.8) is 0 Å². The Labute approximate surface area is 137 Å². The average molecular weight is 311 g/mol. The lowest BCUT2D eigenvalue weighted by atomic mass is 9.78. The molecule has 3 N–H and O–H groups in total. The monoisotopic (exact) mass is 311 g/mol. The van der Waals surface area contributed by atoms with E-state index in [2.05, 4.69) is 33.8 Å². The second kappa shape index (κ2) is 6.10. The first-order valence-corrected chi connectivity index (χ1v) is 8.77. The van der Waals surface area contributed by atoms with Gasteiger partial charge in [-0.1, -0.05) is 24.3 Å². The lowest BCUT2D eigenvalue weighted by molar-refractivity contribution is 0.0599. The highest BCUT2D eigenvalue weighted by Gasteiger charge is 2.33. The number of nitrogens with two attached hydrogens (primary N) is 1. The fraction of sp³-hybridized carbons (Fsp3) is 0.526. The molecular formula is C19H25N3O.